The van der Waals surface area contributed by atoms with Crippen molar-refractivity contribution in [3.63, 3.8) is 0 Å². The Hall–Kier alpha value is -3.13. The molecule has 1 aromatic heterocycles. The highest BCUT2D eigenvalue weighted by molar-refractivity contribution is 8.00. The first-order valence-corrected chi connectivity index (χ1v) is 8.69. The number of nitrogens with zero attached hydrogens (tertiary/aromatic N) is 2. The molecule has 0 radical (unpaired) electrons. The summed E-state index contributed by atoms with van der Waals surface area (Å²) in [4.78, 5) is 40.5. The van der Waals surface area contributed by atoms with Crippen molar-refractivity contribution in [2.45, 2.75) is 17.3 Å². The van der Waals surface area contributed by atoms with Crippen LogP contribution in [-0.4, -0.2) is 26.7 Å². The van der Waals surface area contributed by atoms with Crippen molar-refractivity contribution >= 4 is 34.6 Å². The molecule has 0 saturated heterocycles. The van der Waals surface area contributed by atoms with Crippen molar-refractivity contribution < 1.29 is 9.59 Å². The molecule has 0 saturated carbocycles. The monoisotopic (exact) mass is 368 g/mol. The van der Waals surface area contributed by atoms with E-state index in [9.17, 15) is 14.4 Å². The summed E-state index contributed by atoms with van der Waals surface area (Å²) in [5.41, 5.74) is 5.94. The molecule has 1 atom stereocenters. The van der Waals surface area contributed by atoms with E-state index < -0.39 is 17.2 Å². The lowest BCUT2D eigenvalue weighted by Gasteiger charge is -2.15. The van der Waals surface area contributed by atoms with Crippen LogP contribution in [0.25, 0.3) is 16.6 Å². The zero-order valence-electron chi connectivity index (χ0n) is 13.9. The lowest BCUT2D eigenvalue weighted by molar-refractivity contribution is -0.119. The van der Waals surface area contributed by atoms with E-state index in [0.717, 1.165) is 11.8 Å². The van der Waals surface area contributed by atoms with Crippen LogP contribution in [0.1, 0.15) is 6.92 Å². The van der Waals surface area contributed by atoms with Crippen molar-refractivity contribution in [3.05, 3.63) is 65.0 Å². The quantitative estimate of drug-likeness (QED) is 0.541. The lowest BCUT2D eigenvalue weighted by atomic mass is 10.2. The average Bonchev–Trinajstić information content (AvgIpc) is 2.62. The molecule has 132 valence electrons. The van der Waals surface area contributed by atoms with Gasteiger partial charge in [0.25, 0.3) is 5.56 Å². The predicted octanol–water partition coefficient (Wildman–Crippen LogP) is 2.06. The van der Waals surface area contributed by atoms with Crippen LogP contribution in [0.2, 0.25) is 0 Å². The molecule has 3 rings (SSSR count). The minimum Gasteiger partial charge on any atom is -0.351 e. The molecule has 3 aromatic rings. The second-order valence-corrected chi connectivity index (χ2v) is 6.81. The summed E-state index contributed by atoms with van der Waals surface area (Å²) in [6.07, 6.45) is 0. The van der Waals surface area contributed by atoms with Gasteiger partial charge in [0.2, 0.25) is 5.91 Å². The van der Waals surface area contributed by atoms with Crippen LogP contribution in [0.3, 0.4) is 0 Å². The van der Waals surface area contributed by atoms with Gasteiger partial charge in [-0.1, -0.05) is 42.1 Å². The molecule has 26 heavy (non-hydrogen) atoms. The Morgan fingerprint density at radius 2 is 1.77 bits per heavy atom. The zero-order chi connectivity index (χ0) is 18.7. The third kappa shape index (κ3) is 3.60. The van der Waals surface area contributed by atoms with E-state index in [0.29, 0.717) is 21.7 Å². The fourth-order valence-electron chi connectivity index (χ4n) is 2.43. The molecular formula is C18H16N4O3S. The Morgan fingerprint density at radius 1 is 1.12 bits per heavy atom. The third-order valence-corrected chi connectivity index (χ3v) is 4.71. The molecule has 0 bridgehead atoms. The number of carbonyl (C=O) groups excluding carboxylic acids is 2. The molecule has 0 spiro atoms. The Balaban J connectivity index is 2.12. The van der Waals surface area contributed by atoms with Gasteiger partial charge in [0.15, 0.2) is 5.16 Å². The maximum Gasteiger partial charge on any atom is 0.318 e. The molecule has 3 N–H and O–H groups in total. The topological polar surface area (TPSA) is 107 Å². The number of hydrogen-bond acceptors (Lipinski definition) is 5. The van der Waals surface area contributed by atoms with E-state index in [4.69, 9.17) is 5.73 Å². The molecule has 0 aliphatic carbocycles. The predicted molar refractivity (Wildman–Crippen MR) is 100 cm³/mol. The normalized spacial score (nSPS) is 11.9. The number of carbonyl (C=O) groups is 2. The molecule has 1 unspecified atom stereocenters. The Labute approximate surface area is 153 Å². The van der Waals surface area contributed by atoms with Gasteiger partial charge < -0.3 is 5.73 Å². The highest BCUT2D eigenvalue weighted by atomic mass is 32.2. The van der Waals surface area contributed by atoms with E-state index in [2.05, 4.69) is 4.98 Å². The lowest BCUT2D eigenvalue weighted by Crippen LogP contribution is -2.39. The van der Waals surface area contributed by atoms with E-state index >= 15 is 0 Å². The van der Waals surface area contributed by atoms with Gasteiger partial charge in [0, 0.05) is 0 Å². The number of rotatable bonds is 4. The first kappa shape index (κ1) is 17.7. The first-order chi connectivity index (χ1) is 12.5. The summed E-state index contributed by atoms with van der Waals surface area (Å²) in [6.45, 7) is 1.61. The zero-order valence-corrected chi connectivity index (χ0v) is 14.7. The summed E-state index contributed by atoms with van der Waals surface area (Å²) in [5, 5.41) is 2.20. The van der Waals surface area contributed by atoms with E-state index in [1.807, 2.05) is 23.5 Å². The standard InChI is InChI=1S/C18H16N4O3S/c1-11(15(23)21-17(19)25)26-18-20-14-10-6-5-9-13(14)16(24)22(18)12-7-3-2-4-8-12/h2-11H,1H3,(H3,19,21,23,25). The number of fused-ring (bicyclic) bond motifs is 1. The maximum atomic E-state index is 13.0. The van der Waals surface area contributed by atoms with Crippen LogP contribution in [0, 0.1) is 0 Å². The molecule has 0 fully saturated rings. The SMILES string of the molecule is CC(Sc1nc2ccccc2c(=O)n1-c1ccccc1)C(=O)NC(N)=O. The summed E-state index contributed by atoms with van der Waals surface area (Å²) >= 11 is 1.08. The second-order valence-electron chi connectivity index (χ2n) is 5.50. The summed E-state index contributed by atoms with van der Waals surface area (Å²) in [5.74, 6) is -0.551. The fourth-order valence-corrected chi connectivity index (χ4v) is 3.36. The van der Waals surface area contributed by atoms with E-state index in [-0.39, 0.29) is 5.56 Å². The first-order valence-electron chi connectivity index (χ1n) is 7.81. The number of aromatic nitrogens is 2. The minimum absolute atomic E-state index is 0.230. The molecule has 0 aliphatic rings. The fraction of sp³-hybridized carbons (Fsp3) is 0.111. The number of nitrogens with two attached hydrogens (primary N) is 1. The Kier molecular flexibility index (Phi) is 5.04. The number of hydrogen-bond donors (Lipinski definition) is 2. The second kappa shape index (κ2) is 7.40. The molecule has 8 heteroatoms. The highest BCUT2D eigenvalue weighted by Crippen LogP contribution is 2.25. The average molecular weight is 368 g/mol. The molecule has 2 aromatic carbocycles. The largest absolute Gasteiger partial charge is 0.351 e. The third-order valence-electron chi connectivity index (χ3n) is 3.66. The number of primary amides is 1. The van der Waals surface area contributed by atoms with Gasteiger partial charge >= 0.3 is 6.03 Å². The number of benzene rings is 2. The van der Waals surface area contributed by atoms with Crippen molar-refractivity contribution in [1.82, 2.24) is 14.9 Å². The molecule has 7 nitrogen and oxygen atoms in total. The number of urea groups is 1. The van der Waals surface area contributed by atoms with Crippen LogP contribution in [0.4, 0.5) is 4.79 Å². The van der Waals surface area contributed by atoms with Gasteiger partial charge in [-0.25, -0.2) is 9.78 Å². The van der Waals surface area contributed by atoms with Crippen LogP contribution in [-0.2, 0) is 4.79 Å². The van der Waals surface area contributed by atoms with Crippen molar-refractivity contribution in [2.75, 3.05) is 0 Å². The van der Waals surface area contributed by atoms with Crippen LogP contribution in [0.5, 0.6) is 0 Å². The molecule has 3 amide bonds. The molecule has 0 aliphatic heterocycles. The summed E-state index contributed by atoms with van der Waals surface area (Å²) in [6, 6.07) is 15.1. The van der Waals surface area contributed by atoms with Crippen LogP contribution in [0.15, 0.2) is 64.5 Å². The Bertz CT molecular complexity index is 1030. The number of thioether (sulfide) groups is 1. The number of nitrogens with one attached hydrogen (secondary N) is 1. The van der Waals surface area contributed by atoms with Gasteiger partial charge in [-0.3, -0.25) is 19.5 Å². The molecular weight excluding hydrogens is 352 g/mol. The van der Waals surface area contributed by atoms with Crippen LogP contribution < -0.4 is 16.6 Å². The van der Waals surface area contributed by atoms with E-state index in [1.54, 1.807) is 43.3 Å². The maximum absolute atomic E-state index is 13.0. The van der Waals surface area contributed by atoms with Crippen LogP contribution >= 0.6 is 11.8 Å². The number of para-hydroxylation sites is 2. The smallest absolute Gasteiger partial charge is 0.318 e. The summed E-state index contributed by atoms with van der Waals surface area (Å²) < 4.78 is 1.46. The minimum atomic E-state index is -0.922. The Morgan fingerprint density at radius 3 is 2.46 bits per heavy atom. The molecule has 1 heterocycles. The highest BCUT2D eigenvalue weighted by Gasteiger charge is 2.21. The van der Waals surface area contributed by atoms with Crippen molar-refractivity contribution in [2.24, 2.45) is 5.73 Å². The number of amides is 3. The van der Waals surface area contributed by atoms with E-state index in [1.165, 1.54) is 4.57 Å². The van der Waals surface area contributed by atoms with Gasteiger partial charge in [0.05, 0.1) is 21.8 Å². The van der Waals surface area contributed by atoms with Gasteiger partial charge in [0.1, 0.15) is 0 Å². The van der Waals surface area contributed by atoms with Gasteiger partial charge in [-0.15, -0.1) is 0 Å². The van der Waals surface area contributed by atoms with Crippen molar-refractivity contribution in [1.29, 1.82) is 0 Å². The van der Waals surface area contributed by atoms with Crippen molar-refractivity contribution in [3.8, 4) is 5.69 Å². The van der Waals surface area contributed by atoms with Gasteiger partial charge in [-0.05, 0) is 31.2 Å². The summed E-state index contributed by atoms with van der Waals surface area (Å²) in [7, 11) is 0. The number of imide groups is 1. The van der Waals surface area contributed by atoms with Gasteiger partial charge in [-0.2, -0.15) is 0 Å².